The number of nitrogens with one attached hydrogen (secondary N) is 2. The number of aromatic nitrogens is 3. The normalized spacial score (nSPS) is 15.0. The summed E-state index contributed by atoms with van der Waals surface area (Å²) in [5.41, 5.74) is 2.50. The number of benzene rings is 1. The molecule has 1 fully saturated rings. The lowest BCUT2D eigenvalue weighted by molar-refractivity contribution is 0.638. The van der Waals surface area contributed by atoms with Crippen LogP contribution in [0, 0.1) is 0 Å². The van der Waals surface area contributed by atoms with Crippen molar-refractivity contribution in [2.24, 2.45) is 4.99 Å². The first-order valence-electron chi connectivity index (χ1n) is 9.70. The maximum atomic E-state index is 4.37. The second-order valence-corrected chi connectivity index (χ2v) is 8.12. The Hall–Kier alpha value is -1.68. The SMILES string of the molecule is CN=C(NCCCc1nnc2ccccn12)NCC1(c2ccccc2Br)CC1.I. The summed E-state index contributed by atoms with van der Waals surface area (Å²) in [4.78, 5) is 4.37. The predicted molar refractivity (Wildman–Crippen MR) is 131 cm³/mol. The Labute approximate surface area is 196 Å². The predicted octanol–water partition coefficient (Wildman–Crippen LogP) is 3.94. The van der Waals surface area contributed by atoms with Crippen molar-refractivity contribution in [3.05, 3.63) is 64.5 Å². The lowest BCUT2D eigenvalue weighted by Crippen LogP contribution is -2.41. The zero-order chi connectivity index (χ0) is 19.4. The lowest BCUT2D eigenvalue weighted by atomic mass is 9.96. The number of hydrogen-bond acceptors (Lipinski definition) is 3. The van der Waals surface area contributed by atoms with Gasteiger partial charge < -0.3 is 10.6 Å². The summed E-state index contributed by atoms with van der Waals surface area (Å²) in [5, 5.41) is 15.4. The van der Waals surface area contributed by atoms with Crippen molar-refractivity contribution in [1.82, 2.24) is 25.2 Å². The Morgan fingerprint density at radius 1 is 1.14 bits per heavy atom. The van der Waals surface area contributed by atoms with Gasteiger partial charge in [0.2, 0.25) is 0 Å². The molecule has 6 nitrogen and oxygen atoms in total. The molecule has 4 rings (SSSR count). The Bertz CT molecular complexity index is 982. The monoisotopic (exact) mass is 568 g/mol. The lowest BCUT2D eigenvalue weighted by Gasteiger charge is -2.20. The molecule has 0 unspecified atom stereocenters. The van der Waals surface area contributed by atoms with Crippen molar-refractivity contribution < 1.29 is 0 Å². The standard InChI is InChI=1S/C21H25BrN6.HI/c1-23-20(25-15-21(11-12-21)16-7-2-3-8-17(16)22)24-13-6-10-19-27-26-18-9-4-5-14-28(18)19;/h2-5,7-9,14H,6,10-13,15H2,1H3,(H2,23,24,25);1H. The van der Waals surface area contributed by atoms with Gasteiger partial charge in [-0.1, -0.05) is 40.2 Å². The summed E-state index contributed by atoms with van der Waals surface area (Å²) in [7, 11) is 1.82. The van der Waals surface area contributed by atoms with Gasteiger partial charge >= 0.3 is 0 Å². The molecular weight excluding hydrogens is 543 g/mol. The number of aliphatic imine (C=N–C) groups is 1. The van der Waals surface area contributed by atoms with Crippen molar-refractivity contribution in [2.45, 2.75) is 31.1 Å². The van der Waals surface area contributed by atoms with E-state index in [1.165, 1.54) is 22.9 Å². The van der Waals surface area contributed by atoms with Gasteiger partial charge in [0.15, 0.2) is 11.6 Å². The van der Waals surface area contributed by atoms with E-state index in [4.69, 9.17) is 0 Å². The molecule has 1 aliphatic rings. The van der Waals surface area contributed by atoms with E-state index < -0.39 is 0 Å². The maximum absolute atomic E-state index is 4.37. The van der Waals surface area contributed by atoms with Crippen molar-refractivity contribution in [3.63, 3.8) is 0 Å². The van der Waals surface area contributed by atoms with Gasteiger partial charge in [-0.15, -0.1) is 34.2 Å². The summed E-state index contributed by atoms with van der Waals surface area (Å²) >= 11 is 3.70. The summed E-state index contributed by atoms with van der Waals surface area (Å²) in [6, 6.07) is 14.5. The maximum Gasteiger partial charge on any atom is 0.191 e. The van der Waals surface area contributed by atoms with Crippen LogP contribution in [-0.4, -0.2) is 40.7 Å². The van der Waals surface area contributed by atoms with Gasteiger partial charge in [0.25, 0.3) is 0 Å². The molecule has 2 N–H and O–H groups in total. The van der Waals surface area contributed by atoms with Gasteiger partial charge in [-0.2, -0.15) is 0 Å². The van der Waals surface area contributed by atoms with Crippen LogP contribution in [0.2, 0.25) is 0 Å². The number of rotatable bonds is 7. The molecule has 8 heteroatoms. The average molecular weight is 569 g/mol. The van der Waals surface area contributed by atoms with E-state index >= 15 is 0 Å². The first-order chi connectivity index (χ1) is 13.7. The van der Waals surface area contributed by atoms with E-state index in [1.54, 1.807) is 0 Å². The third-order valence-corrected chi connectivity index (χ3v) is 6.06. The zero-order valence-electron chi connectivity index (χ0n) is 16.4. The van der Waals surface area contributed by atoms with Crippen molar-refractivity contribution in [2.75, 3.05) is 20.1 Å². The van der Waals surface area contributed by atoms with Gasteiger partial charge in [0.1, 0.15) is 5.82 Å². The van der Waals surface area contributed by atoms with Crippen LogP contribution in [0.1, 0.15) is 30.7 Å². The highest BCUT2D eigenvalue weighted by Gasteiger charge is 2.45. The van der Waals surface area contributed by atoms with Crippen LogP contribution in [0.3, 0.4) is 0 Å². The molecule has 0 atom stereocenters. The second kappa shape index (κ2) is 9.88. The molecule has 2 aromatic heterocycles. The number of fused-ring (bicyclic) bond motifs is 1. The van der Waals surface area contributed by atoms with Gasteiger partial charge in [0.05, 0.1) is 0 Å². The van der Waals surface area contributed by atoms with Gasteiger partial charge in [-0.25, -0.2) is 0 Å². The van der Waals surface area contributed by atoms with E-state index in [2.05, 4.69) is 66.0 Å². The molecule has 1 aromatic carbocycles. The zero-order valence-corrected chi connectivity index (χ0v) is 20.4. The number of halogens is 2. The molecule has 154 valence electrons. The first-order valence-corrected chi connectivity index (χ1v) is 10.5. The number of hydrogen-bond donors (Lipinski definition) is 2. The number of pyridine rings is 1. The Morgan fingerprint density at radius 3 is 2.69 bits per heavy atom. The van der Waals surface area contributed by atoms with Crippen molar-refractivity contribution in [1.29, 1.82) is 0 Å². The van der Waals surface area contributed by atoms with E-state index in [0.717, 1.165) is 43.4 Å². The van der Waals surface area contributed by atoms with Crippen LogP contribution < -0.4 is 10.6 Å². The Kier molecular flexibility index (Phi) is 7.50. The van der Waals surface area contributed by atoms with Crippen LogP contribution in [0.4, 0.5) is 0 Å². The fourth-order valence-corrected chi connectivity index (χ4v) is 4.28. The van der Waals surface area contributed by atoms with E-state index in [9.17, 15) is 0 Å². The molecule has 0 spiro atoms. The topological polar surface area (TPSA) is 66.6 Å². The molecule has 1 saturated carbocycles. The third-order valence-electron chi connectivity index (χ3n) is 5.37. The Morgan fingerprint density at radius 2 is 1.93 bits per heavy atom. The van der Waals surface area contributed by atoms with Crippen LogP contribution in [0.5, 0.6) is 0 Å². The number of nitrogens with zero attached hydrogens (tertiary/aromatic N) is 4. The quantitative estimate of drug-likeness (QED) is 0.196. The smallest absolute Gasteiger partial charge is 0.191 e. The first kappa shape index (κ1) is 22.0. The number of aryl methyl sites for hydroxylation is 1. The van der Waals surface area contributed by atoms with E-state index in [0.29, 0.717) is 0 Å². The van der Waals surface area contributed by atoms with Crippen LogP contribution in [-0.2, 0) is 11.8 Å². The summed E-state index contributed by atoms with van der Waals surface area (Å²) in [6.07, 6.45) is 6.26. The summed E-state index contributed by atoms with van der Waals surface area (Å²) in [5.74, 6) is 1.84. The average Bonchev–Trinajstić information content (AvgIpc) is 3.40. The second-order valence-electron chi connectivity index (χ2n) is 7.26. The fraction of sp³-hybridized carbons (Fsp3) is 0.381. The molecule has 1 aliphatic carbocycles. The molecule has 0 amide bonds. The molecule has 3 aromatic rings. The molecule has 29 heavy (non-hydrogen) atoms. The minimum absolute atomic E-state index is 0. The highest BCUT2D eigenvalue weighted by molar-refractivity contribution is 14.0. The minimum Gasteiger partial charge on any atom is -0.356 e. The van der Waals surface area contributed by atoms with Gasteiger partial charge in [0, 0.05) is 42.6 Å². The molecule has 0 saturated heterocycles. The van der Waals surface area contributed by atoms with Gasteiger partial charge in [-0.05, 0) is 43.0 Å². The highest BCUT2D eigenvalue weighted by Crippen LogP contribution is 2.49. The highest BCUT2D eigenvalue weighted by atomic mass is 127. The van der Waals surface area contributed by atoms with E-state index in [1.807, 2.05) is 35.8 Å². The molecule has 0 aliphatic heterocycles. The minimum atomic E-state index is 0. The Balaban J connectivity index is 0.00000240. The van der Waals surface area contributed by atoms with Crippen LogP contribution in [0.25, 0.3) is 5.65 Å². The summed E-state index contributed by atoms with van der Waals surface area (Å²) < 4.78 is 3.24. The fourth-order valence-electron chi connectivity index (χ4n) is 3.57. The van der Waals surface area contributed by atoms with E-state index in [-0.39, 0.29) is 29.4 Å². The molecule has 2 heterocycles. The van der Waals surface area contributed by atoms with Crippen molar-refractivity contribution >= 4 is 51.5 Å². The van der Waals surface area contributed by atoms with Crippen LogP contribution >= 0.6 is 39.9 Å². The van der Waals surface area contributed by atoms with Crippen LogP contribution in [0.15, 0.2) is 58.1 Å². The number of guanidine groups is 1. The summed E-state index contributed by atoms with van der Waals surface area (Å²) in [6.45, 7) is 1.73. The largest absolute Gasteiger partial charge is 0.356 e. The third kappa shape index (κ3) is 5.09. The van der Waals surface area contributed by atoms with Crippen molar-refractivity contribution in [3.8, 4) is 0 Å². The molecule has 0 radical (unpaired) electrons. The van der Waals surface area contributed by atoms with Gasteiger partial charge in [-0.3, -0.25) is 9.39 Å². The molecule has 0 bridgehead atoms. The molecular formula is C21H26BrIN6.